The molecule has 0 saturated carbocycles. The summed E-state index contributed by atoms with van der Waals surface area (Å²) in [7, 11) is 0.844. The predicted octanol–water partition coefficient (Wildman–Crippen LogP) is -2.87. The second-order valence-electron chi connectivity index (χ2n) is 3.02. The standard InChI is InChI=1S/C8H14O8/c1-5(11)16-7(13,4-10)8(14,15-2)6(12)3-9/h3,6,10,12-14H,4H2,1-2H3/t6-,7+,8-/m0/s1. The van der Waals surface area contributed by atoms with Gasteiger partial charge in [-0.15, -0.1) is 0 Å². The van der Waals surface area contributed by atoms with E-state index in [9.17, 15) is 19.8 Å². The second kappa shape index (κ2) is 5.32. The molecular weight excluding hydrogens is 224 g/mol. The van der Waals surface area contributed by atoms with Crippen molar-refractivity contribution in [3.05, 3.63) is 0 Å². The molecule has 0 aromatic heterocycles. The number of methoxy groups -OCH3 is 1. The number of rotatable bonds is 6. The van der Waals surface area contributed by atoms with Gasteiger partial charge in [-0.25, -0.2) is 0 Å². The molecule has 0 heterocycles. The molecule has 0 spiro atoms. The Kier molecular flexibility index (Phi) is 4.97. The van der Waals surface area contributed by atoms with Crippen LogP contribution in [0.4, 0.5) is 0 Å². The van der Waals surface area contributed by atoms with Crippen molar-refractivity contribution >= 4 is 12.3 Å². The van der Waals surface area contributed by atoms with Gasteiger partial charge < -0.3 is 34.7 Å². The van der Waals surface area contributed by atoms with Gasteiger partial charge in [-0.3, -0.25) is 4.79 Å². The monoisotopic (exact) mass is 238 g/mol. The Morgan fingerprint density at radius 1 is 1.50 bits per heavy atom. The van der Waals surface area contributed by atoms with Gasteiger partial charge in [0, 0.05) is 14.0 Å². The summed E-state index contributed by atoms with van der Waals surface area (Å²) in [6.07, 6.45) is -2.36. The molecule has 94 valence electrons. The third-order valence-electron chi connectivity index (χ3n) is 1.93. The lowest BCUT2D eigenvalue weighted by molar-refractivity contribution is -0.392. The number of hydrogen-bond acceptors (Lipinski definition) is 8. The summed E-state index contributed by atoms with van der Waals surface area (Å²) in [6, 6.07) is 0. The Bertz CT molecular complexity index is 267. The topological polar surface area (TPSA) is 134 Å². The highest BCUT2D eigenvalue weighted by molar-refractivity contribution is 5.67. The van der Waals surface area contributed by atoms with Gasteiger partial charge in [0.1, 0.15) is 6.61 Å². The average molecular weight is 238 g/mol. The highest BCUT2D eigenvalue weighted by atomic mass is 16.7. The molecule has 0 bridgehead atoms. The molecule has 0 aliphatic heterocycles. The largest absolute Gasteiger partial charge is 0.425 e. The highest BCUT2D eigenvalue weighted by Crippen LogP contribution is 2.27. The quantitative estimate of drug-likeness (QED) is 0.220. The summed E-state index contributed by atoms with van der Waals surface area (Å²) < 4.78 is 8.57. The van der Waals surface area contributed by atoms with Crippen LogP contribution in [0.1, 0.15) is 6.92 Å². The summed E-state index contributed by atoms with van der Waals surface area (Å²) in [4.78, 5) is 21.0. The molecule has 8 nitrogen and oxygen atoms in total. The molecule has 0 aliphatic rings. The molecule has 0 rings (SSSR count). The van der Waals surface area contributed by atoms with Crippen molar-refractivity contribution in [3.8, 4) is 0 Å². The summed E-state index contributed by atoms with van der Waals surface area (Å²) >= 11 is 0. The number of carbonyl (C=O) groups is 2. The van der Waals surface area contributed by atoms with Crippen LogP contribution < -0.4 is 0 Å². The van der Waals surface area contributed by atoms with Crippen LogP contribution in [-0.2, 0) is 19.1 Å². The van der Waals surface area contributed by atoms with Gasteiger partial charge >= 0.3 is 5.97 Å². The summed E-state index contributed by atoms with van der Waals surface area (Å²) in [5.41, 5.74) is 0. The summed E-state index contributed by atoms with van der Waals surface area (Å²) in [6.45, 7) is -0.383. The van der Waals surface area contributed by atoms with Crippen molar-refractivity contribution in [1.29, 1.82) is 0 Å². The zero-order valence-corrected chi connectivity index (χ0v) is 8.78. The molecule has 0 aromatic carbocycles. The Hall–Kier alpha value is -1.06. The van der Waals surface area contributed by atoms with Crippen molar-refractivity contribution in [1.82, 2.24) is 0 Å². The van der Waals surface area contributed by atoms with Crippen LogP contribution >= 0.6 is 0 Å². The molecular formula is C8H14O8. The Balaban J connectivity index is 5.29. The van der Waals surface area contributed by atoms with Crippen LogP contribution in [0.25, 0.3) is 0 Å². The molecule has 0 unspecified atom stereocenters. The zero-order valence-electron chi connectivity index (χ0n) is 8.78. The first-order valence-corrected chi connectivity index (χ1v) is 4.21. The molecule has 16 heavy (non-hydrogen) atoms. The number of hydrogen-bond donors (Lipinski definition) is 4. The van der Waals surface area contributed by atoms with Crippen molar-refractivity contribution < 1.29 is 39.5 Å². The van der Waals surface area contributed by atoms with Gasteiger partial charge in [0.05, 0.1) is 0 Å². The number of ether oxygens (including phenoxy) is 2. The van der Waals surface area contributed by atoms with E-state index in [2.05, 4.69) is 9.47 Å². The number of aliphatic hydroxyl groups excluding tert-OH is 2. The SMILES string of the molecule is CO[C@@](O)([C@@H](O)C=O)[C@@](O)(CO)OC(C)=O. The number of esters is 1. The van der Waals surface area contributed by atoms with E-state index < -0.39 is 30.3 Å². The normalized spacial score (nSPS) is 20.4. The lowest BCUT2D eigenvalue weighted by Crippen LogP contribution is -2.66. The Morgan fingerprint density at radius 3 is 2.25 bits per heavy atom. The van der Waals surface area contributed by atoms with E-state index in [1.165, 1.54) is 0 Å². The molecule has 0 radical (unpaired) electrons. The lowest BCUT2D eigenvalue weighted by Gasteiger charge is -2.40. The van der Waals surface area contributed by atoms with Crippen LogP contribution in [0.15, 0.2) is 0 Å². The van der Waals surface area contributed by atoms with E-state index >= 15 is 0 Å². The summed E-state index contributed by atoms with van der Waals surface area (Å²) in [5, 5.41) is 37.3. The van der Waals surface area contributed by atoms with Crippen LogP contribution in [0.2, 0.25) is 0 Å². The molecule has 0 aromatic rings. The molecule has 3 atom stereocenters. The second-order valence-corrected chi connectivity index (χ2v) is 3.02. The first kappa shape index (κ1) is 14.9. The van der Waals surface area contributed by atoms with Crippen molar-refractivity contribution in [3.63, 3.8) is 0 Å². The van der Waals surface area contributed by atoms with Crippen molar-refractivity contribution in [2.75, 3.05) is 13.7 Å². The maximum absolute atomic E-state index is 10.7. The van der Waals surface area contributed by atoms with Gasteiger partial charge in [-0.2, -0.15) is 0 Å². The highest BCUT2D eigenvalue weighted by Gasteiger charge is 2.58. The van der Waals surface area contributed by atoms with E-state index in [4.69, 9.17) is 10.2 Å². The maximum atomic E-state index is 10.7. The van der Waals surface area contributed by atoms with Gasteiger partial charge in [-0.05, 0) is 0 Å². The van der Waals surface area contributed by atoms with Gasteiger partial charge in [0.25, 0.3) is 11.6 Å². The summed E-state index contributed by atoms with van der Waals surface area (Å²) in [5.74, 6) is -6.96. The minimum Gasteiger partial charge on any atom is -0.425 e. The van der Waals surface area contributed by atoms with E-state index in [-0.39, 0.29) is 6.29 Å². The Morgan fingerprint density at radius 2 is 2.00 bits per heavy atom. The maximum Gasteiger partial charge on any atom is 0.305 e. The smallest absolute Gasteiger partial charge is 0.305 e. The fourth-order valence-corrected chi connectivity index (χ4v) is 1.06. The fraction of sp³-hybridized carbons (Fsp3) is 0.750. The minimum absolute atomic E-state index is 0.145. The lowest BCUT2D eigenvalue weighted by atomic mass is 10.0. The fourth-order valence-electron chi connectivity index (χ4n) is 1.06. The van der Waals surface area contributed by atoms with Crippen LogP contribution in [0.5, 0.6) is 0 Å². The third kappa shape index (κ3) is 2.54. The molecule has 0 aliphatic carbocycles. The molecule has 4 N–H and O–H groups in total. The predicted molar refractivity (Wildman–Crippen MR) is 47.8 cm³/mol. The molecule has 0 amide bonds. The van der Waals surface area contributed by atoms with Gasteiger partial charge in [0.2, 0.25) is 0 Å². The average Bonchev–Trinajstić information content (AvgIpc) is 2.25. The van der Waals surface area contributed by atoms with Crippen LogP contribution in [0.3, 0.4) is 0 Å². The first-order chi connectivity index (χ1) is 7.27. The zero-order chi connectivity index (χ0) is 13.0. The molecule has 8 heteroatoms. The molecule has 0 saturated heterocycles. The van der Waals surface area contributed by atoms with E-state index in [0.29, 0.717) is 0 Å². The molecule has 0 fully saturated rings. The van der Waals surface area contributed by atoms with Crippen molar-refractivity contribution in [2.24, 2.45) is 0 Å². The number of aldehydes is 1. The minimum atomic E-state index is -2.96. The van der Waals surface area contributed by atoms with Crippen molar-refractivity contribution in [2.45, 2.75) is 24.6 Å². The van der Waals surface area contributed by atoms with Crippen LogP contribution in [-0.4, -0.2) is 64.1 Å². The van der Waals surface area contributed by atoms with E-state index in [1.807, 2.05) is 0 Å². The van der Waals surface area contributed by atoms with Gasteiger partial charge in [0.15, 0.2) is 12.4 Å². The Labute approximate surface area is 91.0 Å². The third-order valence-corrected chi connectivity index (χ3v) is 1.93. The number of carbonyl (C=O) groups excluding carboxylic acids is 2. The van der Waals surface area contributed by atoms with Gasteiger partial charge in [-0.1, -0.05) is 0 Å². The number of aliphatic hydroxyl groups is 4. The van der Waals surface area contributed by atoms with E-state index in [1.54, 1.807) is 0 Å². The van der Waals surface area contributed by atoms with Crippen LogP contribution in [0, 0.1) is 0 Å². The van der Waals surface area contributed by atoms with E-state index in [0.717, 1.165) is 14.0 Å². The first-order valence-electron chi connectivity index (χ1n) is 4.21.